The molecule has 3 rings (SSSR count). The predicted octanol–water partition coefficient (Wildman–Crippen LogP) is 2.39. The molecule has 2 aromatic rings. The van der Waals surface area contributed by atoms with Gasteiger partial charge in [0.2, 0.25) is 0 Å². The first-order valence-corrected chi connectivity index (χ1v) is 7.71. The Kier molecular flexibility index (Phi) is 4.12. The Morgan fingerprint density at radius 3 is 2.52 bits per heavy atom. The van der Waals surface area contributed by atoms with Crippen molar-refractivity contribution in [1.82, 2.24) is 9.97 Å². The molecule has 0 aliphatic carbocycles. The van der Waals surface area contributed by atoms with E-state index in [1.807, 2.05) is 0 Å². The summed E-state index contributed by atoms with van der Waals surface area (Å²) in [6, 6.07) is 1.28. The van der Waals surface area contributed by atoms with Gasteiger partial charge in [0.25, 0.3) is 0 Å². The Labute approximate surface area is 145 Å². The summed E-state index contributed by atoms with van der Waals surface area (Å²) in [5, 5.41) is 10.6. The number of methoxy groups -OCH3 is 2. The largest absolute Gasteiger partial charge is 0.503 e. The third-order valence-electron chi connectivity index (χ3n) is 4.28. The number of rotatable bonds is 3. The fraction of sp³-hybridized carbons (Fsp3) is 0.353. The monoisotopic (exact) mass is 344 g/mol. The van der Waals surface area contributed by atoms with Crippen molar-refractivity contribution in [3.8, 4) is 17.2 Å². The van der Waals surface area contributed by atoms with E-state index in [0.717, 1.165) is 5.56 Å². The molecule has 0 radical (unpaired) electrons. The molecule has 0 saturated heterocycles. The van der Waals surface area contributed by atoms with Crippen molar-refractivity contribution in [3.63, 3.8) is 0 Å². The summed E-state index contributed by atoms with van der Waals surface area (Å²) in [6.07, 6.45) is 1.69. The molecule has 0 atom stereocenters. The summed E-state index contributed by atoms with van der Waals surface area (Å²) >= 11 is 0. The van der Waals surface area contributed by atoms with Gasteiger partial charge in [-0.15, -0.1) is 0 Å². The third-order valence-corrected chi connectivity index (χ3v) is 4.28. The first kappa shape index (κ1) is 16.8. The molecular weight excluding hydrogens is 324 g/mol. The van der Waals surface area contributed by atoms with Crippen LogP contribution in [0.4, 0.5) is 16.3 Å². The molecule has 0 fully saturated rings. The number of phenolic OH excluding ortho intramolecular Hbond substituents is 1. The van der Waals surface area contributed by atoms with E-state index in [1.54, 1.807) is 33.2 Å². The second-order valence-corrected chi connectivity index (χ2v) is 5.80. The van der Waals surface area contributed by atoms with Gasteiger partial charge >= 0.3 is 6.03 Å². The summed E-state index contributed by atoms with van der Waals surface area (Å²) in [5.74, 6) is 1.80. The maximum Gasteiger partial charge on any atom is 0.330 e. The van der Waals surface area contributed by atoms with E-state index in [1.165, 1.54) is 24.0 Å². The summed E-state index contributed by atoms with van der Waals surface area (Å²) < 4.78 is 10.6. The molecular formula is C17H20N4O4. The highest BCUT2D eigenvalue weighted by atomic mass is 16.5. The molecule has 132 valence electrons. The number of urea groups is 1. The van der Waals surface area contributed by atoms with Crippen LogP contribution in [-0.4, -0.2) is 42.4 Å². The number of ether oxygens (including phenoxy) is 2. The average molecular weight is 344 g/mol. The number of hydrogen-bond acceptors (Lipinski definition) is 6. The van der Waals surface area contributed by atoms with Crippen LogP contribution in [0, 0.1) is 13.8 Å². The molecule has 1 N–H and O–H groups in total. The van der Waals surface area contributed by atoms with Gasteiger partial charge in [0.15, 0.2) is 11.5 Å². The van der Waals surface area contributed by atoms with Crippen LogP contribution in [0.5, 0.6) is 17.2 Å². The molecule has 2 heterocycles. The molecule has 0 spiro atoms. The number of nitrogens with zero attached hydrogens (tertiary/aromatic N) is 4. The Bertz CT molecular complexity index is 825. The Morgan fingerprint density at radius 1 is 1.20 bits per heavy atom. The number of carbonyl (C=O) groups excluding carboxylic acids is 1. The topological polar surface area (TPSA) is 88.0 Å². The van der Waals surface area contributed by atoms with Crippen LogP contribution >= 0.6 is 0 Å². The van der Waals surface area contributed by atoms with Gasteiger partial charge in [-0.3, -0.25) is 9.80 Å². The van der Waals surface area contributed by atoms with Gasteiger partial charge in [-0.2, -0.15) is 0 Å². The van der Waals surface area contributed by atoms with Gasteiger partial charge in [-0.1, -0.05) is 0 Å². The van der Waals surface area contributed by atoms with Gasteiger partial charge in [0, 0.05) is 30.4 Å². The lowest BCUT2D eigenvalue weighted by atomic mass is 10.1. The summed E-state index contributed by atoms with van der Waals surface area (Å²) in [4.78, 5) is 24.4. The number of aromatic nitrogens is 2. The fourth-order valence-electron chi connectivity index (χ4n) is 2.97. The normalized spacial score (nSPS) is 13.7. The lowest BCUT2D eigenvalue weighted by Crippen LogP contribution is -2.46. The number of anilines is 2. The summed E-state index contributed by atoms with van der Waals surface area (Å²) in [6.45, 7) is 3.79. The highest BCUT2D eigenvalue weighted by Gasteiger charge is 2.34. The molecule has 1 aliphatic rings. The second kappa shape index (κ2) is 6.12. The fourth-order valence-corrected chi connectivity index (χ4v) is 2.97. The quantitative estimate of drug-likeness (QED) is 0.920. The third kappa shape index (κ3) is 2.59. The minimum Gasteiger partial charge on any atom is -0.503 e. The molecule has 25 heavy (non-hydrogen) atoms. The second-order valence-electron chi connectivity index (χ2n) is 5.80. The van der Waals surface area contributed by atoms with Crippen molar-refractivity contribution in [1.29, 1.82) is 0 Å². The van der Waals surface area contributed by atoms with Crippen molar-refractivity contribution < 1.29 is 19.4 Å². The van der Waals surface area contributed by atoms with E-state index in [9.17, 15) is 9.90 Å². The highest BCUT2D eigenvalue weighted by Crippen LogP contribution is 2.46. The number of carbonyl (C=O) groups is 1. The van der Waals surface area contributed by atoms with E-state index in [4.69, 9.17) is 9.47 Å². The van der Waals surface area contributed by atoms with Crippen molar-refractivity contribution in [2.75, 3.05) is 31.1 Å². The smallest absolute Gasteiger partial charge is 0.330 e. The zero-order chi connectivity index (χ0) is 18.3. The first-order chi connectivity index (χ1) is 11.9. The minimum absolute atomic E-state index is 0.112. The number of aromatic hydroxyl groups is 1. The average Bonchev–Trinajstić information content (AvgIpc) is 2.60. The number of phenols is 1. The number of benzene rings is 1. The summed E-state index contributed by atoms with van der Waals surface area (Å²) in [7, 11) is 4.62. The van der Waals surface area contributed by atoms with Gasteiger partial charge in [0.1, 0.15) is 17.4 Å². The molecule has 1 aliphatic heterocycles. The van der Waals surface area contributed by atoms with Crippen LogP contribution in [0.3, 0.4) is 0 Å². The Morgan fingerprint density at radius 2 is 1.88 bits per heavy atom. The maximum atomic E-state index is 12.9. The SMILES string of the molecule is COc1cc(OC)c(O)c(N2Cc3cnc(C)nc3N(C)C2=O)c1C. The molecule has 0 unspecified atom stereocenters. The number of aryl methyl sites for hydroxylation is 1. The van der Waals surface area contributed by atoms with E-state index in [-0.39, 0.29) is 24.1 Å². The molecule has 1 aromatic heterocycles. The van der Waals surface area contributed by atoms with Crippen LogP contribution in [-0.2, 0) is 6.54 Å². The summed E-state index contributed by atoms with van der Waals surface area (Å²) in [5.41, 5.74) is 1.77. The van der Waals surface area contributed by atoms with E-state index < -0.39 is 0 Å². The molecule has 1 aromatic carbocycles. The number of amides is 2. The van der Waals surface area contributed by atoms with Gasteiger partial charge in [-0.25, -0.2) is 14.8 Å². The van der Waals surface area contributed by atoms with E-state index in [0.29, 0.717) is 28.6 Å². The van der Waals surface area contributed by atoms with Crippen LogP contribution < -0.4 is 19.3 Å². The van der Waals surface area contributed by atoms with Crippen LogP contribution in [0.25, 0.3) is 0 Å². The zero-order valence-electron chi connectivity index (χ0n) is 14.8. The van der Waals surface area contributed by atoms with Gasteiger partial charge in [-0.05, 0) is 13.8 Å². The van der Waals surface area contributed by atoms with Crippen molar-refractivity contribution in [2.45, 2.75) is 20.4 Å². The lowest BCUT2D eigenvalue weighted by Gasteiger charge is -2.35. The molecule has 0 bridgehead atoms. The van der Waals surface area contributed by atoms with Crippen LogP contribution in [0.1, 0.15) is 17.0 Å². The lowest BCUT2D eigenvalue weighted by molar-refractivity contribution is 0.250. The first-order valence-electron chi connectivity index (χ1n) is 7.71. The molecule has 8 heteroatoms. The highest BCUT2D eigenvalue weighted by molar-refractivity contribution is 6.06. The standard InChI is InChI=1S/C17H20N4O4/c1-9-12(24-4)6-13(25-5)15(22)14(9)21-8-11-7-18-10(2)19-16(11)20(3)17(21)23/h6-7,22H,8H2,1-5H3. The van der Waals surface area contributed by atoms with Gasteiger partial charge in [0.05, 0.1) is 26.5 Å². The number of fused-ring (bicyclic) bond motifs is 1. The van der Waals surface area contributed by atoms with Crippen LogP contribution in [0.2, 0.25) is 0 Å². The van der Waals surface area contributed by atoms with Crippen molar-refractivity contribution >= 4 is 17.5 Å². The maximum absolute atomic E-state index is 12.9. The van der Waals surface area contributed by atoms with Crippen molar-refractivity contribution in [2.24, 2.45) is 0 Å². The van der Waals surface area contributed by atoms with Crippen LogP contribution in [0.15, 0.2) is 12.3 Å². The van der Waals surface area contributed by atoms with Crippen molar-refractivity contribution in [3.05, 3.63) is 29.2 Å². The van der Waals surface area contributed by atoms with E-state index >= 15 is 0 Å². The number of hydrogen-bond donors (Lipinski definition) is 1. The van der Waals surface area contributed by atoms with E-state index in [2.05, 4.69) is 9.97 Å². The zero-order valence-corrected chi connectivity index (χ0v) is 14.8. The van der Waals surface area contributed by atoms with Gasteiger partial charge < -0.3 is 14.6 Å². The molecule has 0 saturated carbocycles. The molecule has 2 amide bonds. The molecule has 8 nitrogen and oxygen atoms in total. The minimum atomic E-state index is -0.306. The Hall–Kier alpha value is -3.03. The Balaban J connectivity index is 2.17. The predicted molar refractivity (Wildman–Crippen MR) is 92.7 cm³/mol.